The second kappa shape index (κ2) is 12.3. The minimum atomic E-state index is 0. The Morgan fingerprint density at radius 3 is 2.62 bits per heavy atom. The Hall–Kier alpha value is -0.0800. The third kappa shape index (κ3) is 6.67. The van der Waals surface area contributed by atoms with E-state index in [1.54, 1.807) is 0 Å². The minimum Gasteiger partial charge on any atom is -0.379 e. The molecule has 142 valence electrons. The summed E-state index contributed by atoms with van der Waals surface area (Å²) in [5.41, 5.74) is 0. The van der Waals surface area contributed by atoms with Crippen molar-refractivity contribution in [1.82, 2.24) is 15.1 Å². The summed E-state index contributed by atoms with van der Waals surface area (Å²) in [4.78, 5) is 9.55. The van der Waals surface area contributed by atoms with Crippen LogP contribution in [0.3, 0.4) is 0 Å². The Balaban J connectivity index is 0.00000288. The van der Waals surface area contributed by atoms with Crippen LogP contribution in [0.25, 0.3) is 0 Å². The van der Waals surface area contributed by atoms with Crippen LogP contribution in [0, 0.1) is 5.92 Å². The fourth-order valence-electron chi connectivity index (χ4n) is 3.69. The zero-order valence-electron chi connectivity index (χ0n) is 15.8. The quantitative estimate of drug-likeness (QED) is 0.367. The van der Waals surface area contributed by atoms with Crippen molar-refractivity contribution in [2.75, 3.05) is 53.0 Å². The Labute approximate surface area is 165 Å². The van der Waals surface area contributed by atoms with Crippen molar-refractivity contribution in [3.8, 4) is 0 Å². The molecule has 2 aliphatic rings. The van der Waals surface area contributed by atoms with Gasteiger partial charge >= 0.3 is 0 Å². The first-order valence-electron chi connectivity index (χ1n) is 9.55. The average Bonchev–Trinajstić information content (AvgIpc) is 3.09. The van der Waals surface area contributed by atoms with Crippen LogP contribution in [-0.4, -0.2) is 74.8 Å². The van der Waals surface area contributed by atoms with Crippen molar-refractivity contribution < 1.29 is 4.74 Å². The first-order valence-corrected chi connectivity index (χ1v) is 9.55. The molecule has 2 saturated heterocycles. The molecule has 0 amide bonds. The lowest BCUT2D eigenvalue weighted by Crippen LogP contribution is -2.47. The van der Waals surface area contributed by atoms with Gasteiger partial charge < -0.3 is 15.0 Å². The van der Waals surface area contributed by atoms with E-state index in [1.807, 2.05) is 7.05 Å². The molecule has 0 aromatic carbocycles. The number of nitrogens with one attached hydrogen (secondary N) is 1. The number of rotatable bonds is 7. The third-order valence-corrected chi connectivity index (χ3v) is 5.33. The molecule has 5 nitrogen and oxygen atoms in total. The molecule has 2 fully saturated rings. The number of hydrogen-bond donors (Lipinski definition) is 1. The topological polar surface area (TPSA) is 40.1 Å². The maximum Gasteiger partial charge on any atom is 0.193 e. The van der Waals surface area contributed by atoms with Crippen LogP contribution in [0.5, 0.6) is 0 Å². The summed E-state index contributed by atoms with van der Waals surface area (Å²) in [6.07, 6.45) is 6.45. The van der Waals surface area contributed by atoms with E-state index in [-0.39, 0.29) is 24.0 Å². The van der Waals surface area contributed by atoms with E-state index < -0.39 is 0 Å². The van der Waals surface area contributed by atoms with Crippen molar-refractivity contribution in [1.29, 1.82) is 0 Å². The number of ether oxygens (including phenoxy) is 1. The van der Waals surface area contributed by atoms with Gasteiger partial charge in [-0.25, -0.2) is 0 Å². The predicted molar refractivity (Wildman–Crippen MR) is 112 cm³/mol. The van der Waals surface area contributed by atoms with Gasteiger partial charge in [-0.15, -0.1) is 24.0 Å². The molecule has 2 aliphatic heterocycles. The molecular formula is C18H37IN4O. The lowest BCUT2D eigenvalue weighted by Gasteiger charge is -2.32. The van der Waals surface area contributed by atoms with E-state index in [0.29, 0.717) is 6.04 Å². The SMILES string of the molecule is CCCCC(CC)CNC(=NC)N1CCC(N2CCOCC2)C1.I. The van der Waals surface area contributed by atoms with Crippen LogP contribution in [0.1, 0.15) is 46.0 Å². The summed E-state index contributed by atoms with van der Waals surface area (Å²) >= 11 is 0. The van der Waals surface area contributed by atoms with Crippen LogP contribution < -0.4 is 5.32 Å². The Bertz CT molecular complexity index is 361. The number of likely N-dealkylation sites (tertiary alicyclic amines) is 1. The molecule has 2 rings (SSSR count). The van der Waals surface area contributed by atoms with Crippen LogP contribution >= 0.6 is 24.0 Å². The number of aliphatic imine (C=N–C) groups is 1. The van der Waals surface area contributed by atoms with Crippen molar-refractivity contribution >= 4 is 29.9 Å². The molecule has 0 bridgehead atoms. The number of nitrogens with zero attached hydrogens (tertiary/aromatic N) is 3. The second-order valence-electron chi connectivity index (χ2n) is 6.88. The Kier molecular flexibility index (Phi) is 11.3. The molecule has 0 aromatic rings. The summed E-state index contributed by atoms with van der Waals surface area (Å²) in [5, 5.41) is 3.63. The maximum atomic E-state index is 5.47. The average molecular weight is 452 g/mol. The zero-order chi connectivity index (χ0) is 16.5. The summed E-state index contributed by atoms with van der Waals surface area (Å²) < 4.78 is 5.47. The molecule has 0 aliphatic carbocycles. The summed E-state index contributed by atoms with van der Waals surface area (Å²) in [5.74, 6) is 1.86. The molecule has 0 radical (unpaired) electrons. The monoisotopic (exact) mass is 452 g/mol. The van der Waals surface area contributed by atoms with Crippen LogP contribution in [-0.2, 0) is 4.74 Å². The molecule has 0 spiro atoms. The summed E-state index contributed by atoms with van der Waals surface area (Å²) in [7, 11) is 1.91. The Morgan fingerprint density at radius 2 is 2.00 bits per heavy atom. The van der Waals surface area contributed by atoms with E-state index in [4.69, 9.17) is 4.74 Å². The molecular weight excluding hydrogens is 415 g/mol. The molecule has 1 N–H and O–H groups in total. The van der Waals surface area contributed by atoms with E-state index in [0.717, 1.165) is 57.8 Å². The molecule has 0 saturated carbocycles. The van der Waals surface area contributed by atoms with Gasteiger partial charge in [0, 0.05) is 45.8 Å². The van der Waals surface area contributed by atoms with Gasteiger partial charge in [-0.1, -0.05) is 33.1 Å². The van der Waals surface area contributed by atoms with Gasteiger partial charge in [0.25, 0.3) is 0 Å². The second-order valence-corrected chi connectivity index (χ2v) is 6.88. The standard InChI is InChI=1S/C18H36N4O.HI/c1-4-6-7-16(5-2)14-20-18(19-3)22-9-8-17(15-22)21-10-12-23-13-11-21;/h16-17H,4-15H2,1-3H3,(H,19,20);1H. The molecule has 2 atom stereocenters. The fourth-order valence-corrected chi connectivity index (χ4v) is 3.69. The highest BCUT2D eigenvalue weighted by Gasteiger charge is 2.30. The molecule has 2 unspecified atom stereocenters. The van der Waals surface area contributed by atoms with Gasteiger partial charge in [-0.2, -0.15) is 0 Å². The lowest BCUT2D eigenvalue weighted by atomic mass is 9.99. The highest BCUT2D eigenvalue weighted by Crippen LogP contribution is 2.17. The fraction of sp³-hybridized carbons (Fsp3) is 0.944. The first kappa shape index (κ1) is 22.0. The van der Waals surface area contributed by atoms with E-state index >= 15 is 0 Å². The lowest BCUT2D eigenvalue weighted by molar-refractivity contribution is 0.0195. The van der Waals surface area contributed by atoms with Gasteiger partial charge in [-0.3, -0.25) is 9.89 Å². The van der Waals surface area contributed by atoms with Crippen molar-refractivity contribution in [3.63, 3.8) is 0 Å². The summed E-state index contributed by atoms with van der Waals surface area (Å²) in [6.45, 7) is 11.8. The van der Waals surface area contributed by atoms with Gasteiger partial charge in [0.15, 0.2) is 5.96 Å². The third-order valence-electron chi connectivity index (χ3n) is 5.33. The molecule has 0 aromatic heterocycles. The maximum absolute atomic E-state index is 5.47. The minimum absolute atomic E-state index is 0. The van der Waals surface area contributed by atoms with E-state index in [9.17, 15) is 0 Å². The normalized spacial score (nSPS) is 23.9. The van der Waals surface area contributed by atoms with Gasteiger partial charge in [0.2, 0.25) is 0 Å². The molecule has 24 heavy (non-hydrogen) atoms. The van der Waals surface area contributed by atoms with Crippen LogP contribution in [0.2, 0.25) is 0 Å². The Morgan fingerprint density at radius 1 is 1.25 bits per heavy atom. The van der Waals surface area contributed by atoms with Crippen molar-refractivity contribution in [2.45, 2.75) is 52.0 Å². The smallest absolute Gasteiger partial charge is 0.193 e. The molecule has 2 heterocycles. The molecule has 6 heteroatoms. The van der Waals surface area contributed by atoms with Crippen molar-refractivity contribution in [2.24, 2.45) is 10.9 Å². The summed E-state index contributed by atoms with van der Waals surface area (Å²) in [6, 6.07) is 0.666. The zero-order valence-corrected chi connectivity index (χ0v) is 18.1. The number of unbranched alkanes of at least 4 members (excludes halogenated alkanes) is 1. The van der Waals surface area contributed by atoms with Crippen LogP contribution in [0.15, 0.2) is 4.99 Å². The van der Waals surface area contributed by atoms with Crippen molar-refractivity contribution in [3.05, 3.63) is 0 Å². The number of morpholine rings is 1. The predicted octanol–water partition coefficient (Wildman–Crippen LogP) is 2.80. The van der Waals surface area contributed by atoms with E-state index in [1.165, 1.54) is 32.1 Å². The van der Waals surface area contributed by atoms with Gasteiger partial charge in [0.1, 0.15) is 0 Å². The number of guanidine groups is 1. The van der Waals surface area contributed by atoms with Crippen LogP contribution in [0.4, 0.5) is 0 Å². The highest BCUT2D eigenvalue weighted by atomic mass is 127. The number of halogens is 1. The van der Waals surface area contributed by atoms with Gasteiger partial charge in [0.05, 0.1) is 13.2 Å². The van der Waals surface area contributed by atoms with E-state index in [2.05, 4.69) is 34.0 Å². The number of hydrogen-bond acceptors (Lipinski definition) is 3. The van der Waals surface area contributed by atoms with Gasteiger partial charge in [-0.05, 0) is 18.8 Å². The first-order chi connectivity index (χ1) is 11.3. The highest BCUT2D eigenvalue weighted by molar-refractivity contribution is 14.0. The largest absolute Gasteiger partial charge is 0.379 e.